The van der Waals surface area contributed by atoms with E-state index in [4.69, 9.17) is 0 Å². The Morgan fingerprint density at radius 3 is 1.00 bits per heavy atom. The third-order valence-electron chi connectivity index (χ3n) is 6.22. The van der Waals surface area contributed by atoms with E-state index in [0.29, 0.717) is 24.2 Å². The molecule has 7 heteroatoms. The molecule has 0 spiro atoms. The number of rotatable bonds is 8. The van der Waals surface area contributed by atoms with Crippen molar-refractivity contribution in [1.29, 1.82) is 0 Å². The van der Waals surface area contributed by atoms with E-state index in [0.717, 1.165) is 12.8 Å². The third kappa shape index (κ3) is 10.6. The van der Waals surface area contributed by atoms with Gasteiger partial charge in [-0.3, -0.25) is 12.2 Å². The van der Waals surface area contributed by atoms with Gasteiger partial charge in [0, 0.05) is 25.8 Å². The van der Waals surface area contributed by atoms with E-state index in [2.05, 4.69) is 127 Å². The summed E-state index contributed by atoms with van der Waals surface area (Å²) in [6.07, 6.45) is 18.1. The standard InChI is InChI=1S/2C13H24NSi.2BrH.Hf/c2*1-11(2)14(12(3)4)15(5,6)13-9-7-8-10-13;;;/h2*7,9,11-12H,8H2,1-6H3;2*1H;/q2*-1;;;. The van der Waals surface area contributed by atoms with Gasteiger partial charge in [-0.15, -0.1) is 46.8 Å². The molecule has 0 fully saturated rings. The first kappa shape index (κ1) is 38.7. The van der Waals surface area contributed by atoms with Gasteiger partial charge in [-0.2, -0.15) is 12.2 Å². The Kier molecular flexibility index (Phi) is 19.7. The van der Waals surface area contributed by atoms with E-state index in [9.17, 15) is 0 Å². The van der Waals surface area contributed by atoms with Crippen molar-refractivity contribution in [2.75, 3.05) is 0 Å². The predicted octanol–water partition coefficient (Wildman–Crippen LogP) is 8.23. The Bertz CT molecular complexity index is 608. The Balaban J connectivity index is -0.000000500. The first-order valence-corrected chi connectivity index (χ1v) is 17.8. The average molecular weight is 785 g/mol. The van der Waals surface area contributed by atoms with E-state index in [1.165, 1.54) is 10.4 Å². The molecule has 0 N–H and O–H groups in total. The third-order valence-corrected chi connectivity index (χ3v) is 14.2. The maximum atomic E-state index is 3.51. The summed E-state index contributed by atoms with van der Waals surface area (Å²) in [6, 6.07) is 2.48. The van der Waals surface area contributed by atoms with Crippen molar-refractivity contribution in [3.63, 3.8) is 0 Å². The molecule has 33 heavy (non-hydrogen) atoms. The molecule has 0 aromatic rings. The molecule has 2 aliphatic rings. The zero-order valence-electron chi connectivity index (χ0n) is 23.2. The maximum absolute atomic E-state index is 3.51. The van der Waals surface area contributed by atoms with Crippen molar-refractivity contribution in [3.8, 4) is 0 Å². The smallest absolute Gasteiger partial charge is 0.118 e. The average Bonchev–Trinajstić information content (AvgIpc) is 3.28. The number of nitrogens with zero attached hydrogens (tertiary/aromatic N) is 2. The Labute approximate surface area is 248 Å². The molecule has 0 heterocycles. The molecule has 0 amide bonds. The molecule has 0 saturated carbocycles. The summed E-state index contributed by atoms with van der Waals surface area (Å²) in [6.45, 7) is 28.1. The van der Waals surface area contributed by atoms with Crippen molar-refractivity contribution in [2.45, 2.75) is 119 Å². The van der Waals surface area contributed by atoms with Crippen LogP contribution >= 0.6 is 34.0 Å². The fourth-order valence-corrected chi connectivity index (χ4v) is 13.5. The van der Waals surface area contributed by atoms with Crippen molar-refractivity contribution >= 4 is 50.4 Å². The Morgan fingerprint density at radius 2 is 0.848 bits per heavy atom. The van der Waals surface area contributed by atoms with Crippen LogP contribution in [0.5, 0.6) is 0 Å². The summed E-state index contributed by atoms with van der Waals surface area (Å²) in [7, 11) is -2.95. The normalized spacial score (nSPS) is 15.5. The van der Waals surface area contributed by atoms with Gasteiger partial charge in [0.15, 0.2) is 0 Å². The fraction of sp³-hybridized carbons (Fsp3) is 0.692. The van der Waals surface area contributed by atoms with Gasteiger partial charge in [0.2, 0.25) is 0 Å². The van der Waals surface area contributed by atoms with Gasteiger partial charge in [0.25, 0.3) is 0 Å². The number of hydrogen-bond acceptors (Lipinski definition) is 2. The number of allylic oxidation sites excluding steroid dienone is 8. The maximum Gasteiger partial charge on any atom is 0.118 e. The Morgan fingerprint density at radius 1 is 0.606 bits per heavy atom. The van der Waals surface area contributed by atoms with Crippen LogP contribution in [0.2, 0.25) is 26.2 Å². The topological polar surface area (TPSA) is 6.48 Å². The van der Waals surface area contributed by atoms with E-state index in [1.807, 2.05) is 0 Å². The molecule has 0 radical (unpaired) electrons. The van der Waals surface area contributed by atoms with Crippen molar-refractivity contribution in [2.24, 2.45) is 0 Å². The molecule has 0 aromatic carbocycles. The zero-order chi connectivity index (χ0) is 23.3. The molecule has 0 aliphatic heterocycles. The van der Waals surface area contributed by atoms with Crippen LogP contribution in [-0.2, 0) is 25.8 Å². The predicted molar refractivity (Wildman–Crippen MR) is 161 cm³/mol. The van der Waals surface area contributed by atoms with Gasteiger partial charge in [0.1, 0.15) is 16.5 Å². The van der Waals surface area contributed by atoms with Crippen LogP contribution < -0.4 is 0 Å². The molecule has 2 rings (SSSR count). The van der Waals surface area contributed by atoms with E-state index >= 15 is 0 Å². The van der Waals surface area contributed by atoms with E-state index < -0.39 is 16.5 Å². The molecular weight excluding hydrogens is 735 g/mol. The summed E-state index contributed by atoms with van der Waals surface area (Å²) >= 11 is 0. The van der Waals surface area contributed by atoms with E-state index in [-0.39, 0.29) is 59.8 Å². The van der Waals surface area contributed by atoms with Gasteiger partial charge in [-0.05, 0) is 24.2 Å². The molecule has 2 nitrogen and oxygen atoms in total. The van der Waals surface area contributed by atoms with Crippen LogP contribution in [0.1, 0.15) is 68.2 Å². The first-order chi connectivity index (χ1) is 13.7. The summed E-state index contributed by atoms with van der Waals surface area (Å²) in [5.41, 5.74) is 0. The molecule has 0 saturated heterocycles. The van der Waals surface area contributed by atoms with Gasteiger partial charge in [0.05, 0.1) is 0 Å². The number of hydrogen-bond donors (Lipinski definition) is 0. The summed E-state index contributed by atoms with van der Waals surface area (Å²) in [5, 5.41) is 2.95. The summed E-state index contributed by atoms with van der Waals surface area (Å²) in [5.74, 6) is 0. The quantitative estimate of drug-likeness (QED) is 0.181. The second kappa shape index (κ2) is 16.8. The molecule has 192 valence electrons. The summed E-state index contributed by atoms with van der Waals surface area (Å²) in [4.78, 5) is 0. The van der Waals surface area contributed by atoms with Crippen LogP contribution in [0.25, 0.3) is 0 Å². The van der Waals surface area contributed by atoms with Gasteiger partial charge >= 0.3 is 0 Å². The van der Waals surface area contributed by atoms with Crippen LogP contribution in [0.15, 0.2) is 34.7 Å². The van der Waals surface area contributed by atoms with E-state index in [1.54, 1.807) is 0 Å². The zero-order valence-corrected chi connectivity index (χ0v) is 32.3. The monoisotopic (exact) mass is 784 g/mol. The molecular formula is C26H50Br2HfN2Si2-2. The minimum atomic E-state index is -1.47. The van der Waals surface area contributed by atoms with Crippen LogP contribution in [-0.4, -0.2) is 49.8 Å². The van der Waals surface area contributed by atoms with Crippen LogP contribution in [0, 0.1) is 12.2 Å². The fourth-order valence-electron chi connectivity index (χ4n) is 5.70. The van der Waals surface area contributed by atoms with Gasteiger partial charge < -0.3 is 9.13 Å². The second-order valence-electron chi connectivity index (χ2n) is 10.7. The minimum absolute atomic E-state index is 0. The first-order valence-electron chi connectivity index (χ1n) is 11.9. The largest absolute Gasteiger partial charge is 0.318 e. The van der Waals surface area contributed by atoms with Crippen LogP contribution in [0.4, 0.5) is 0 Å². The molecule has 0 atom stereocenters. The molecule has 0 aromatic heterocycles. The summed E-state index contributed by atoms with van der Waals surface area (Å²) < 4.78 is 5.37. The molecule has 2 aliphatic carbocycles. The van der Waals surface area contributed by atoms with Gasteiger partial charge in [-0.1, -0.05) is 81.6 Å². The van der Waals surface area contributed by atoms with Crippen molar-refractivity contribution in [3.05, 3.63) is 46.8 Å². The SMILES string of the molecule is Br.Br.CC(C)N(C(C)C)[Si](C)(C)C1=[C-]CC=C1.CC(C)N(C(C)C)[Si](C)(C)C1=[C-]CC=C1.[Hf]. The van der Waals surface area contributed by atoms with Crippen LogP contribution in [0.3, 0.4) is 0 Å². The minimum Gasteiger partial charge on any atom is -0.318 e. The second-order valence-corrected chi connectivity index (χ2v) is 19.0. The Hall–Kier alpha value is 1.14. The number of halogens is 2. The molecule has 0 unspecified atom stereocenters. The van der Waals surface area contributed by atoms with Crippen molar-refractivity contribution in [1.82, 2.24) is 9.13 Å². The van der Waals surface area contributed by atoms with Crippen molar-refractivity contribution < 1.29 is 25.8 Å². The molecule has 0 bridgehead atoms. The van der Waals surface area contributed by atoms with Gasteiger partial charge in [-0.25, -0.2) is 22.5 Å².